The first kappa shape index (κ1) is 18.5. The van der Waals surface area contributed by atoms with E-state index in [0.29, 0.717) is 51.5 Å². The standard InChI is InChI=1S/C16H24N6O4/c1-11-13(12(2)26-18-11)4-5-15(23)21-6-9-25-14(10-21)16-17-19-20-22(16)7-8-24-3/h14H,4-10H2,1-3H3/t14-/m1/s1. The van der Waals surface area contributed by atoms with Crippen molar-refractivity contribution in [3.63, 3.8) is 0 Å². The number of nitrogens with zero attached hydrogens (tertiary/aromatic N) is 6. The Kier molecular flexibility index (Phi) is 5.94. The summed E-state index contributed by atoms with van der Waals surface area (Å²) in [6.45, 7) is 6.26. The Morgan fingerprint density at radius 2 is 2.23 bits per heavy atom. The highest BCUT2D eigenvalue weighted by atomic mass is 16.5. The van der Waals surface area contributed by atoms with Crippen LogP contribution in [0.4, 0.5) is 0 Å². The SMILES string of the molecule is COCCn1nnnc1[C@H]1CN(C(=O)CCc2c(C)noc2C)CCO1. The highest BCUT2D eigenvalue weighted by Gasteiger charge is 2.29. The van der Waals surface area contributed by atoms with Gasteiger partial charge in [-0.2, -0.15) is 0 Å². The van der Waals surface area contributed by atoms with Crippen molar-refractivity contribution in [3.05, 3.63) is 22.8 Å². The zero-order chi connectivity index (χ0) is 18.5. The molecule has 0 unspecified atom stereocenters. The molecule has 3 heterocycles. The predicted octanol–water partition coefficient (Wildman–Crippen LogP) is 0.457. The molecule has 0 saturated carbocycles. The molecule has 0 bridgehead atoms. The molecule has 0 spiro atoms. The minimum atomic E-state index is -0.335. The zero-order valence-corrected chi connectivity index (χ0v) is 15.3. The molecule has 0 aliphatic carbocycles. The molecule has 2 aromatic rings. The van der Waals surface area contributed by atoms with Crippen LogP contribution in [0.3, 0.4) is 0 Å². The zero-order valence-electron chi connectivity index (χ0n) is 15.3. The Hall–Kier alpha value is -2.33. The van der Waals surface area contributed by atoms with E-state index in [0.717, 1.165) is 17.0 Å². The lowest BCUT2D eigenvalue weighted by molar-refractivity contribution is -0.139. The molecule has 1 atom stereocenters. The summed E-state index contributed by atoms with van der Waals surface area (Å²) < 4.78 is 17.7. The minimum absolute atomic E-state index is 0.0780. The van der Waals surface area contributed by atoms with Crippen molar-refractivity contribution in [1.82, 2.24) is 30.3 Å². The van der Waals surface area contributed by atoms with E-state index in [1.165, 1.54) is 0 Å². The molecular weight excluding hydrogens is 340 g/mol. The third-order valence-corrected chi connectivity index (χ3v) is 4.54. The van der Waals surface area contributed by atoms with E-state index in [4.69, 9.17) is 14.0 Å². The first-order chi connectivity index (χ1) is 12.6. The first-order valence-corrected chi connectivity index (χ1v) is 8.66. The molecule has 0 radical (unpaired) electrons. The maximum Gasteiger partial charge on any atom is 0.223 e. The van der Waals surface area contributed by atoms with Gasteiger partial charge in [0.1, 0.15) is 11.9 Å². The fourth-order valence-corrected chi connectivity index (χ4v) is 3.06. The number of amides is 1. The topological polar surface area (TPSA) is 108 Å². The average molecular weight is 364 g/mol. The third-order valence-electron chi connectivity index (χ3n) is 4.54. The summed E-state index contributed by atoms with van der Waals surface area (Å²) in [4.78, 5) is 14.4. The van der Waals surface area contributed by atoms with Crippen LogP contribution in [0.15, 0.2) is 4.52 Å². The van der Waals surface area contributed by atoms with Crippen molar-refractivity contribution in [2.45, 2.75) is 39.3 Å². The van der Waals surface area contributed by atoms with Crippen LogP contribution in [-0.4, -0.2) is 69.6 Å². The molecule has 1 amide bonds. The van der Waals surface area contributed by atoms with E-state index in [2.05, 4.69) is 20.7 Å². The van der Waals surface area contributed by atoms with E-state index in [1.807, 2.05) is 18.7 Å². The maximum atomic E-state index is 12.6. The molecule has 3 rings (SSSR count). The van der Waals surface area contributed by atoms with E-state index < -0.39 is 0 Å². The normalized spacial score (nSPS) is 17.7. The number of ether oxygens (including phenoxy) is 2. The molecule has 0 aromatic carbocycles. The van der Waals surface area contributed by atoms with Crippen LogP contribution in [0.5, 0.6) is 0 Å². The number of hydrogen-bond acceptors (Lipinski definition) is 8. The fourth-order valence-electron chi connectivity index (χ4n) is 3.06. The summed E-state index contributed by atoms with van der Waals surface area (Å²) in [5, 5.41) is 15.7. The van der Waals surface area contributed by atoms with Gasteiger partial charge in [-0.15, -0.1) is 5.10 Å². The average Bonchev–Trinajstić information content (AvgIpc) is 3.25. The van der Waals surface area contributed by atoms with Crippen molar-refractivity contribution in [1.29, 1.82) is 0 Å². The lowest BCUT2D eigenvalue weighted by Gasteiger charge is -2.32. The van der Waals surface area contributed by atoms with Crippen molar-refractivity contribution in [3.8, 4) is 0 Å². The van der Waals surface area contributed by atoms with Crippen molar-refractivity contribution < 1.29 is 18.8 Å². The monoisotopic (exact) mass is 364 g/mol. The summed E-state index contributed by atoms with van der Waals surface area (Å²) in [7, 11) is 1.63. The van der Waals surface area contributed by atoms with Crippen LogP contribution in [0.1, 0.15) is 35.4 Å². The Balaban J connectivity index is 1.59. The number of carbonyl (C=O) groups is 1. The summed E-state index contributed by atoms with van der Waals surface area (Å²) in [5.74, 6) is 1.46. The number of aryl methyl sites for hydroxylation is 2. The molecule has 1 aliphatic heterocycles. The molecule has 2 aromatic heterocycles. The fraction of sp³-hybridized carbons (Fsp3) is 0.688. The van der Waals surface area contributed by atoms with Crippen molar-refractivity contribution >= 4 is 5.91 Å². The number of aromatic nitrogens is 5. The van der Waals surface area contributed by atoms with E-state index >= 15 is 0 Å². The van der Waals surface area contributed by atoms with Gasteiger partial charge in [-0.1, -0.05) is 5.16 Å². The van der Waals surface area contributed by atoms with Crippen molar-refractivity contribution in [2.24, 2.45) is 0 Å². The van der Waals surface area contributed by atoms with Gasteiger partial charge < -0.3 is 18.9 Å². The Morgan fingerprint density at radius 3 is 2.96 bits per heavy atom. The van der Waals surface area contributed by atoms with Gasteiger partial charge in [0.2, 0.25) is 5.91 Å². The molecule has 1 saturated heterocycles. The highest BCUT2D eigenvalue weighted by Crippen LogP contribution is 2.21. The predicted molar refractivity (Wildman–Crippen MR) is 89.3 cm³/mol. The van der Waals surface area contributed by atoms with Gasteiger partial charge in [-0.3, -0.25) is 4.79 Å². The second-order valence-corrected chi connectivity index (χ2v) is 6.25. The number of hydrogen-bond donors (Lipinski definition) is 0. The van der Waals surface area contributed by atoms with Gasteiger partial charge >= 0.3 is 0 Å². The molecular formula is C16H24N6O4. The van der Waals surface area contributed by atoms with E-state index in [-0.39, 0.29) is 12.0 Å². The number of carbonyl (C=O) groups excluding carboxylic acids is 1. The Labute approximate surface area is 151 Å². The van der Waals surface area contributed by atoms with Gasteiger partial charge in [-0.25, -0.2) is 4.68 Å². The van der Waals surface area contributed by atoms with E-state index in [1.54, 1.807) is 11.8 Å². The summed E-state index contributed by atoms with van der Waals surface area (Å²) >= 11 is 0. The number of morpholine rings is 1. The second kappa shape index (κ2) is 8.37. The third kappa shape index (κ3) is 4.07. The van der Waals surface area contributed by atoms with Crippen molar-refractivity contribution in [2.75, 3.05) is 33.4 Å². The molecule has 142 valence electrons. The molecule has 0 N–H and O–H groups in total. The van der Waals surface area contributed by atoms with Crippen LogP contribution < -0.4 is 0 Å². The Bertz CT molecular complexity index is 723. The van der Waals surface area contributed by atoms with Gasteiger partial charge in [0, 0.05) is 25.6 Å². The first-order valence-electron chi connectivity index (χ1n) is 8.66. The van der Waals surface area contributed by atoms with Gasteiger partial charge in [-0.05, 0) is 30.7 Å². The quantitative estimate of drug-likeness (QED) is 0.697. The molecule has 1 aliphatic rings. The molecule has 26 heavy (non-hydrogen) atoms. The second-order valence-electron chi connectivity index (χ2n) is 6.25. The summed E-state index contributed by atoms with van der Waals surface area (Å²) in [6.07, 6.45) is 0.691. The maximum absolute atomic E-state index is 12.6. The van der Waals surface area contributed by atoms with E-state index in [9.17, 15) is 4.79 Å². The smallest absolute Gasteiger partial charge is 0.223 e. The number of rotatable bonds is 7. The number of methoxy groups -OCH3 is 1. The van der Waals surface area contributed by atoms with Crippen LogP contribution in [-0.2, 0) is 27.2 Å². The molecule has 10 nitrogen and oxygen atoms in total. The molecule has 1 fully saturated rings. The summed E-state index contributed by atoms with van der Waals surface area (Å²) in [5.41, 5.74) is 1.85. The molecule has 10 heteroatoms. The lowest BCUT2D eigenvalue weighted by Crippen LogP contribution is -2.43. The van der Waals surface area contributed by atoms with Gasteiger partial charge in [0.15, 0.2) is 5.82 Å². The van der Waals surface area contributed by atoms with Crippen LogP contribution in [0, 0.1) is 13.8 Å². The highest BCUT2D eigenvalue weighted by molar-refractivity contribution is 5.76. The number of tetrazole rings is 1. The van der Waals surface area contributed by atoms with Gasteiger partial charge in [0.05, 0.1) is 32.0 Å². The van der Waals surface area contributed by atoms with Gasteiger partial charge in [0.25, 0.3) is 0 Å². The van der Waals surface area contributed by atoms with Crippen LogP contribution in [0.2, 0.25) is 0 Å². The largest absolute Gasteiger partial charge is 0.383 e. The summed E-state index contributed by atoms with van der Waals surface area (Å²) in [6, 6.07) is 0. The van der Waals surface area contributed by atoms with Crippen LogP contribution >= 0.6 is 0 Å². The minimum Gasteiger partial charge on any atom is -0.383 e. The lowest BCUT2D eigenvalue weighted by atomic mass is 10.1. The Morgan fingerprint density at radius 1 is 1.38 bits per heavy atom. The van der Waals surface area contributed by atoms with Crippen LogP contribution in [0.25, 0.3) is 0 Å².